The van der Waals surface area contributed by atoms with Crippen LogP contribution in [0.15, 0.2) is 12.4 Å². The molecule has 106 valence electrons. The third-order valence-corrected chi connectivity index (χ3v) is 4.37. The van der Waals surface area contributed by atoms with Crippen LogP contribution in [0.1, 0.15) is 31.2 Å². The highest BCUT2D eigenvalue weighted by Crippen LogP contribution is 2.26. The lowest BCUT2D eigenvalue weighted by Crippen LogP contribution is -2.45. The highest BCUT2D eigenvalue weighted by molar-refractivity contribution is 4.99. The molecule has 2 heterocycles. The molecule has 1 aliphatic heterocycles. The Kier molecular flexibility index (Phi) is 4.18. The first kappa shape index (κ1) is 13.1. The van der Waals surface area contributed by atoms with Crippen LogP contribution in [-0.4, -0.2) is 47.0 Å². The summed E-state index contributed by atoms with van der Waals surface area (Å²) in [6.07, 6.45) is 10.0. The summed E-state index contributed by atoms with van der Waals surface area (Å²) in [6, 6.07) is 0. The van der Waals surface area contributed by atoms with Gasteiger partial charge in [-0.3, -0.25) is 9.58 Å². The summed E-state index contributed by atoms with van der Waals surface area (Å²) in [5.74, 6) is 0.936. The smallest absolute Gasteiger partial charge is 0.0898 e. The third kappa shape index (κ3) is 3.57. The Hall–Kier alpha value is -0.870. The van der Waals surface area contributed by atoms with Crippen molar-refractivity contribution in [3.8, 4) is 0 Å². The molecule has 4 nitrogen and oxygen atoms in total. The summed E-state index contributed by atoms with van der Waals surface area (Å²) in [6.45, 7) is 7.28. The predicted octanol–water partition coefficient (Wildman–Crippen LogP) is 2.08. The van der Waals surface area contributed by atoms with E-state index in [2.05, 4.69) is 23.1 Å². The second-order valence-electron chi connectivity index (χ2n) is 6.14. The van der Waals surface area contributed by atoms with Crippen LogP contribution < -0.4 is 0 Å². The fourth-order valence-corrected chi connectivity index (χ4v) is 3.39. The van der Waals surface area contributed by atoms with Crippen LogP contribution in [0.3, 0.4) is 0 Å². The summed E-state index contributed by atoms with van der Waals surface area (Å²) in [7, 11) is 0. The number of nitrogens with zero attached hydrogens (tertiary/aromatic N) is 3. The summed E-state index contributed by atoms with van der Waals surface area (Å²) in [5, 5.41) is 4.36. The summed E-state index contributed by atoms with van der Waals surface area (Å²) in [4.78, 5) is 2.60. The topological polar surface area (TPSA) is 30.3 Å². The van der Waals surface area contributed by atoms with Crippen molar-refractivity contribution in [3.05, 3.63) is 18.0 Å². The van der Waals surface area contributed by atoms with E-state index in [0.29, 0.717) is 6.10 Å². The number of hydrogen-bond donors (Lipinski definition) is 0. The molecule has 1 saturated carbocycles. The lowest BCUT2D eigenvalue weighted by molar-refractivity contribution is -0.0414. The van der Waals surface area contributed by atoms with E-state index in [1.807, 2.05) is 10.9 Å². The van der Waals surface area contributed by atoms with E-state index in [4.69, 9.17) is 4.74 Å². The van der Waals surface area contributed by atoms with Crippen LogP contribution in [0.25, 0.3) is 0 Å². The van der Waals surface area contributed by atoms with Gasteiger partial charge in [0.25, 0.3) is 0 Å². The molecule has 1 aromatic rings. The first-order valence-electron chi connectivity index (χ1n) is 7.62. The van der Waals surface area contributed by atoms with Gasteiger partial charge in [-0.2, -0.15) is 5.10 Å². The van der Waals surface area contributed by atoms with Crippen molar-refractivity contribution >= 4 is 0 Å². The molecule has 3 rings (SSSR count). The molecule has 0 bridgehead atoms. The van der Waals surface area contributed by atoms with Crippen molar-refractivity contribution in [2.45, 2.75) is 45.3 Å². The molecule has 0 spiro atoms. The molecule has 1 aliphatic carbocycles. The van der Waals surface area contributed by atoms with E-state index >= 15 is 0 Å². The minimum atomic E-state index is 0.300. The van der Waals surface area contributed by atoms with Gasteiger partial charge in [-0.05, 0) is 31.2 Å². The first-order valence-corrected chi connectivity index (χ1v) is 7.62. The van der Waals surface area contributed by atoms with Crippen LogP contribution in [0.2, 0.25) is 0 Å². The second-order valence-corrected chi connectivity index (χ2v) is 6.14. The predicted molar refractivity (Wildman–Crippen MR) is 75.1 cm³/mol. The Bertz CT molecular complexity index is 398. The summed E-state index contributed by atoms with van der Waals surface area (Å²) in [5.41, 5.74) is 1.22. The van der Waals surface area contributed by atoms with Gasteiger partial charge in [-0.15, -0.1) is 0 Å². The normalized spacial score (nSPS) is 26.1. The standard InChI is InChI=1S/C15H25N3O/c1-13-8-16-18(9-13)12-15-11-17(6-7-19-15)10-14-4-2-3-5-14/h8-9,14-15H,2-7,10-12H2,1H3/t15-/m1/s1. The third-order valence-electron chi connectivity index (χ3n) is 4.37. The molecular weight excluding hydrogens is 238 g/mol. The Balaban J connectivity index is 1.49. The molecule has 0 N–H and O–H groups in total. The van der Waals surface area contributed by atoms with Gasteiger partial charge < -0.3 is 4.74 Å². The van der Waals surface area contributed by atoms with Crippen molar-refractivity contribution in [2.75, 3.05) is 26.2 Å². The Morgan fingerprint density at radius 1 is 1.32 bits per heavy atom. The van der Waals surface area contributed by atoms with E-state index < -0.39 is 0 Å². The van der Waals surface area contributed by atoms with E-state index in [0.717, 1.165) is 32.2 Å². The van der Waals surface area contributed by atoms with Crippen molar-refractivity contribution < 1.29 is 4.74 Å². The number of aromatic nitrogens is 2. The van der Waals surface area contributed by atoms with Crippen LogP contribution in [0, 0.1) is 12.8 Å². The lowest BCUT2D eigenvalue weighted by atomic mass is 10.1. The van der Waals surface area contributed by atoms with Crippen molar-refractivity contribution in [2.24, 2.45) is 5.92 Å². The number of hydrogen-bond acceptors (Lipinski definition) is 3. The zero-order valence-corrected chi connectivity index (χ0v) is 11.9. The van der Waals surface area contributed by atoms with Gasteiger partial charge in [-0.1, -0.05) is 12.8 Å². The van der Waals surface area contributed by atoms with Gasteiger partial charge in [0.15, 0.2) is 0 Å². The average molecular weight is 263 g/mol. The molecule has 2 fully saturated rings. The number of ether oxygens (including phenoxy) is 1. The van der Waals surface area contributed by atoms with E-state index in [-0.39, 0.29) is 0 Å². The summed E-state index contributed by atoms with van der Waals surface area (Å²) >= 11 is 0. The SMILES string of the molecule is Cc1cnn(C[C@H]2CN(CC3CCCC3)CCO2)c1. The zero-order valence-electron chi connectivity index (χ0n) is 11.9. The fraction of sp³-hybridized carbons (Fsp3) is 0.800. The largest absolute Gasteiger partial charge is 0.374 e. The molecule has 0 amide bonds. The molecule has 1 atom stereocenters. The lowest BCUT2D eigenvalue weighted by Gasteiger charge is -2.34. The minimum absolute atomic E-state index is 0.300. The number of rotatable bonds is 4. The van der Waals surface area contributed by atoms with Crippen LogP contribution in [-0.2, 0) is 11.3 Å². The summed E-state index contributed by atoms with van der Waals surface area (Å²) < 4.78 is 7.90. The second kappa shape index (κ2) is 6.06. The molecule has 19 heavy (non-hydrogen) atoms. The maximum atomic E-state index is 5.88. The molecular formula is C15H25N3O. The Labute approximate surface area is 115 Å². The number of aryl methyl sites for hydroxylation is 1. The fourth-order valence-electron chi connectivity index (χ4n) is 3.39. The maximum absolute atomic E-state index is 5.88. The Morgan fingerprint density at radius 3 is 2.89 bits per heavy atom. The van der Waals surface area contributed by atoms with Crippen molar-refractivity contribution in [1.29, 1.82) is 0 Å². The van der Waals surface area contributed by atoms with Crippen LogP contribution >= 0.6 is 0 Å². The van der Waals surface area contributed by atoms with Crippen molar-refractivity contribution in [1.82, 2.24) is 14.7 Å². The molecule has 0 unspecified atom stereocenters. The van der Waals surface area contributed by atoms with Gasteiger partial charge in [0, 0.05) is 25.8 Å². The van der Waals surface area contributed by atoms with E-state index in [1.54, 1.807) is 0 Å². The number of morpholine rings is 1. The van der Waals surface area contributed by atoms with Gasteiger partial charge in [0.2, 0.25) is 0 Å². The van der Waals surface area contributed by atoms with E-state index in [1.165, 1.54) is 37.8 Å². The highest BCUT2D eigenvalue weighted by atomic mass is 16.5. The monoisotopic (exact) mass is 263 g/mol. The first-order chi connectivity index (χ1) is 9.29. The molecule has 1 aromatic heterocycles. The molecule has 2 aliphatic rings. The van der Waals surface area contributed by atoms with Gasteiger partial charge >= 0.3 is 0 Å². The van der Waals surface area contributed by atoms with Crippen molar-refractivity contribution in [3.63, 3.8) is 0 Å². The average Bonchev–Trinajstić information content (AvgIpc) is 3.02. The van der Waals surface area contributed by atoms with Gasteiger partial charge in [0.1, 0.15) is 0 Å². The molecule has 0 radical (unpaired) electrons. The van der Waals surface area contributed by atoms with Gasteiger partial charge in [-0.25, -0.2) is 0 Å². The van der Waals surface area contributed by atoms with Crippen LogP contribution in [0.5, 0.6) is 0 Å². The Morgan fingerprint density at radius 2 is 2.16 bits per heavy atom. The van der Waals surface area contributed by atoms with Crippen LogP contribution in [0.4, 0.5) is 0 Å². The quantitative estimate of drug-likeness (QED) is 0.833. The van der Waals surface area contributed by atoms with E-state index in [9.17, 15) is 0 Å². The molecule has 4 heteroatoms. The minimum Gasteiger partial charge on any atom is -0.374 e. The molecule has 1 saturated heterocycles. The zero-order chi connectivity index (χ0) is 13.1. The maximum Gasteiger partial charge on any atom is 0.0898 e. The van der Waals surface area contributed by atoms with Gasteiger partial charge in [0.05, 0.1) is 25.5 Å². The molecule has 0 aromatic carbocycles. The highest BCUT2D eigenvalue weighted by Gasteiger charge is 2.24.